The van der Waals surface area contributed by atoms with Gasteiger partial charge in [-0.1, -0.05) is 36.4 Å². The lowest BCUT2D eigenvalue weighted by Crippen LogP contribution is -2.27. The second kappa shape index (κ2) is 9.97. The molecule has 36 heavy (non-hydrogen) atoms. The summed E-state index contributed by atoms with van der Waals surface area (Å²) < 4.78 is 17.2. The predicted molar refractivity (Wildman–Crippen MR) is 142 cm³/mol. The molecule has 0 aromatic heterocycles. The lowest BCUT2D eigenvalue weighted by atomic mass is 9.78. The maximum atomic E-state index is 13.9. The van der Waals surface area contributed by atoms with E-state index in [4.69, 9.17) is 14.2 Å². The Morgan fingerprint density at radius 1 is 0.861 bits per heavy atom. The van der Waals surface area contributed by atoms with Gasteiger partial charge in [-0.3, -0.25) is 4.79 Å². The maximum Gasteiger partial charge on any atom is 0.167 e. The molecule has 186 valence electrons. The highest BCUT2D eigenvalue weighted by atomic mass is 16.5. The molecule has 3 aromatic carbocycles. The number of carbonyl (C=O) groups is 1. The molecular formula is C30H32N2O4. The van der Waals surface area contributed by atoms with Crippen molar-refractivity contribution >= 4 is 17.2 Å². The van der Waals surface area contributed by atoms with E-state index in [1.165, 1.54) is 0 Å². The van der Waals surface area contributed by atoms with Crippen molar-refractivity contribution < 1.29 is 19.0 Å². The van der Waals surface area contributed by atoms with E-state index >= 15 is 0 Å². The Balaban J connectivity index is 1.63. The number of fused-ring (bicyclic) bond motifs is 1. The van der Waals surface area contributed by atoms with Crippen molar-refractivity contribution in [2.24, 2.45) is 0 Å². The minimum atomic E-state index is -0.385. The molecule has 3 aromatic rings. The zero-order chi connectivity index (χ0) is 25.2. The molecule has 2 N–H and O–H groups in total. The second-order valence-electron chi connectivity index (χ2n) is 9.49. The Hall–Kier alpha value is -3.93. The Morgan fingerprint density at radius 3 is 2.31 bits per heavy atom. The van der Waals surface area contributed by atoms with Gasteiger partial charge in [-0.05, 0) is 62.1 Å². The summed E-state index contributed by atoms with van der Waals surface area (Å²) in [6, 6.07) is 21.5. The predicted octanol–water partition coefficient (Wildman–Crippen LogP) is 6.47. The number of nitrogens with one attached hydrogen (secondary N) is 2. The molecule has 0 saturated heterocycles. The van der Waals surface area contributed by atoms with Crippen LogP contribution in [0.25, 0.3) is 0 Å². The van der Waals surface area contributed by atoms with Gasteiger partial charge in [0.05, 0.1) is 37.7 Å². The van der Waals surface area contributed by atoms with E-state index in [0.717, 1.165) is 45.9 Å². The normalized spacial score (nSPS) is 19.0. The fourth-order valence-corrected chi connectivity index (χ4v) is 5.12. The van der Waals surface area contributed by atoms with Crippen LogP contribution in [0.1, 0.15) is 49.8 Å². The van der Waals surface area contributed by atoms with Crippen LogP contribution in [0.4, 0.5) is 11.4 Å². The number of allylic oxidation sites excluding steroid dienone is 1. The second-order valence-corrected chi connectivity index (χ2v) is 9.49. The van der Waals surface area contributed by atoms with Crippen LogP contribution in [0.2, 0.25) is 0 Å². The van der Waals surface area contributed by atoms with Crippen LogP contribution < -0.4 is 24.8 Å². The molecule has 1 heterocycles. The Morgan fingerprint density at radius 2 is 1.61 bits per heavy atom. The average Bonchev–Trinajstić information content (AvgIpc) is 3.05. The molecule has 6 heteroatoms. The van der Waals surface area contributed by atoms with Gasteiger partial charge in [-0.2, -0.15) is 0 Å². The highest BCUT2D eigenvalue weighted by Crippen LogP contribution is 2.47. The van der Waals surface area contributed by atoms with Crippen LogP contribution in [-0.4, -0.2) is 26.1 Å². The monoisotopic (exact) mass is 484 g/mol. The topological polar surface area (TPSA) is 68.8 Å². The summed E-state index contributed by atoms with van der Waals surface area (Å²) in [5.74, 6) is 2.31. The van der Waals surface area contributed by atoms with Crippen molar-refractivity contribution in [3.8, 4) is 17.2 Å². The van der Waals surface area contributed by atoms with E-state index in [1.54, 1.807) is 14.2 Å². The maximum absolute atomic E-state index is 13.9. The summed E-state index contributed by atoms with van der Waals surface area (Å²) in [4.78, 5) is 13.9. The van der Waals surface area contributed by atoms with Gasteiger partial charge in [0.2, 0.25) is 0 Å². The molecule has 0 amide bonds. The standard InChI is InChI=1S/C30H32N2O4/c1-18(2)36-30-22(8-7-11-27(30)35-4)29-28-25(31-23-9-5-6-10-24(23)32-29)16-20(17-26(28)33)19-12-14-21(34-3)15-13-19/h5-15,18,20,29,31-32H,16-17H2,1-4H3. The first-order valence-electron chi connectivity index (χ1n) is 12.3. The van der Waals surface area contributed by atoms with Crippen LogP contribution in [0.5, 0.6) is 17.2 Å². The first-order valence-corrected chi connectivity index (χ1v) is 12.3. The molecule has 0 spiro atoms. The number of hydrogen-bond acceptors (Lipinski definition) is 6. The number of hydrogen-bond donors (Lipinski definition) is 2. The minimum Gasteiger partial charge on any atom is -0.497 e. The molecule has 0 radical (unpaired) electrons. The number of ether oxygens (including phenoxy) is 3. The van der Waals surface area contributed by atoms with Gasteiger partial charge in [0.1, 0.15) is 5.75 Å². The first-order chi connectivity index (χ1) is 17.5. The number of benzene rings is 3. The highest BCUT2D eigenvalue weighted by Gasteiger charge is 2.37. The Kier molecular flexibility index (Phi) is 6.59. The third kappa shape index (κ3) is 4.51. The fourth-order valence-electron chi connectivity index (χ4n) is 5.12. The summed E-state index contributed by atoms with van der Waals surface area (Å²) in [5, 5.41) is 7.25. The quantitative estimate of drug-likeness (QED) is 0.418. The van der Waals surface area contributed by atoms with Crippen LogP contribution >= 0.6 is 0 Å². The highest BCUT2D eigenvalue weighted by molar-refractivity contribution is 6.01. The zero-order valence-corrected chi connectivity index (χ0v) is 21.1. The van der Waals surface area contributed by atoms with Crippen molar-refractivity contribution in [3.63, 3.8) is 0 Å². The molecule has 0 fully saturated rings. The number of methoxy groups -OCH3 is 2. The fraction of sp³-hybridized carbons (Fsp3) is 0.300. The number of anilines is 2. The summed E-state index contributed by atoms with van der Waals surface area (Å²) in [5.41, 5.74) is 5.58. The minimum absolute atomic E-state index is 0.0498. The molecule has 1 aliphatic carbocycles. The molecule has 2 aliphatic rings. The Labute approximate surface area is 212 Å². The molecule has 6 nitrogen and oxygen atoms in total. The number of Topliss-reactive ketones (excluding diaryl/α,β-unsaturated/α-hetero) is 1. The largest absolute Gasteiger partial charge is 0.497 e. The molecule has 0 saturated carbocycles. The Bertz CT molecular complexity index is 1300. The van der Waals surface area contributed by atoms with Gasteiger partial charge in [0.15, 0.2) is 17.3 Å². The van der Waals surface area contributed by atoms with E-state index < -0.39 is 0 Å². The van der Waals surface area contributed by atoms with Crippen molar-refractivity contribution in [3.05, 3.63) is 89.1 Å². The van der Waals surface area contributed by atoms with Gasteiger partial charge in [-0.25, -0.2) is 0 Å². The SMILES string of the molecule is COc1ccc(C2CC(=O)C3=C(C2)Nc2ccccc2NC3c2cccc(OC)c2OC(C)C)cc1. The van der Waals surface area contributed by atoms with Crippen LogP contribution in [-0.2, 0) is 4.79 Å². The van der Waals surface area contributed by atoms with Crippen molar-refractivity contribution in [1.29, 1.82) is 0 Å². The van der Waals surface area contributed by atoms with E-state index in [0.29, 0.717) is 17.9 Å². The van der Waals surface area contributed by atoms with E-state index in [1.807, 2.05) is 68.4 Å². The van der Waals surface area contributed by atoms with Crippen molar-refractivity contribution in [2.45, 2.75) is 44.8 Å². The van der Waals surface area contributed by atoms with E-state index in [9.17, 15) is 4.79 Å². The zero-order valence-electron chi connectivity index (χ0n) is 21.1. The first kappa shape index (κ1) is 23.8. The summed E-state index contributed by atoms with van der Waals surface area (Å²) >= 11 is 0. The number of ketones is 1. The van der Waals surface area contributed by atoms with E-state index in [2.05, 4.69) is 22.8 Å². The number of para-hydroxylation sites is 3. The van der Waals surface area contributed by atoms with Crippen molar-refractivity contribution in [2.75, 3.05) is 24.9 Å². The third-order valence-electron chi connectivity index (χ3n) is 6.79. The summed E-state index contributed by atoms with van der Waals surface area (Å²) in [6.45, 7) is 3.98. The van der Waals surface area contributed by atoms with E-state index in [-0.39, 0.29) is 23.8 Å². The summed E-state index contributed by atoms with van der Waals surface area (Å²) in [7, 11) is 3.30. The molecule has 5 rings (SSSR count). The molecule has 2 unspecified atom stereocenters. The van der Waals surface area contributed by atoms with Gasteiger partial charge < -0.3 is 24.8 Å². The molecular weight excluding hydrogens is 452 g/mol. The molecule has 1 aliphatic heterocycles. The van der Waals surface area contributed by atoms with Gasteiger partial charge >= 0.3 is 0 Å². The van der Waals surface area contributed by atoms with Crippen LogP contribution in [0, 0.1) is 0 Å². The van der Waals surface area contributed by atoms with Gasteiger partial charge in [0.25, 0.3) is 0 Å². The number of rotatable bonds is 6. The molecule has 2 atom stereocenters. The lowest BCUT2D eigenvalue weighted by Gasteiger charge is -2.31. The smallest absolute Gasteiger partial charge is 0.167 e. The van der Waals surface area contributed by atoms with Crippen molar-refractivity contribution in [1.82, 2.24) is 0 Å². The van der Waals surface area contributed by atoms with Gasteiger partial charge in [0, 0.05) is 23.3 Å². The van der Waals surface area contributed by atoms with Crippen LogP contribution in [0.15, 0.2) is 78.0 Å². The summed E-state index contributed by atoms with van der Waals surface area (Å²) in [6.07, 6.45) is 1.11. The van der Waals surface area contributed by atoms with Crippen LogP contribution in [0.3, 0.4) is 0 Å². The number of carbonyl (C=O) groups excluding carboxylic acids is 1. The molecule has 0 bridgehead atoms. The third-order valence-corrected chi connectivity index (χ3v) is 6.79. The van der Waals surface area contributed by atoms with Gasteiger partial charge in [-0.15, -0.1) is 0 Å². The lowest BCUT2D eigenvalue weighted by molar-refractivity contribution is -0.116. The average molecular weight is 485 g/mol.